The molecule has 0 aromatic heterocycles. The molecule has 0 aliphatic heterocycles. The molecule has 21 heavy (non-hydrogen) atoms. The van der Waals surface area contributed by atoms with Crippen molar-refractivity contribution in [3.8, 4) is 0 Å². The first kappa shape index (κ1) is 21.3. The molecule has 2 N–H and O–H groups in total. The summed E-state index contributed by atoms with van der Waals surface area (Å²) >= 11 is 0. The Morgan fingerprint density at radius 2 is 1.43 bits per heavy atom. The van der Waals surface area contributed by atoms with Gasteiger partial charge in [0, 0.05) is 11.1 Å². The minimum atomic E-state index is -4.84. The molecule has 0 saturated carbocycles. The van der Waals surface area contributed by atoms with Crippen LogP contribution in [-0.2, 0) is 20.2 Å². The van der Waals surface area contributed by atoms with E-state index in [1.165, 1.54) is 12.1 Å². The van der Waals surface area contributed by atoms with Gasteiger partial charge in [0.2, 0.25) is 0 Å². The van der Waals surface area contributed by atoms with Gasteiger partial charge in [-0.05, 0) is 29.7 Å². The predicted molar refractivity (Wildman–Crippen MR) is 64.3 cm³/mol. The van der Waals surface area contributed by atoms with E-state index in [-0.39, 0.29) is 75.6 Å². The predicted octanol–water partition coefficient (Wildman–Crippen LogP) is -5.76. The van der Waals surface area contributed by atoms with Crippen molar-refractivity contribution < 1.29 is 85.1 Å². The number of nitrogens with two attached hydrogens (primary N) is 1. The molecule has 11 heteroatoms. The van der Waals surface area contributed by atoms with Crippen LogP contribution in [-0.4, -0.2) is 25.9 Å². The number of fused-ring (bicyclic) bond motifs is 1. The Morgan fingerprint density at radius 3 is 1.90 bits per heavy atom. The molecule has 0 amide bonds. The molecular weight excluding hydrogens is 340 g/mol. The van der Waals surface area contributed by atoms with Crippen LogP contribution in [0, 0.1) is 0 Å². The van der Waals surface area contributed by atoms with E-state index >= 15 is 0 Å². The quantitative estimate of drug-likeness (QED) is 0.324. The molecule has 0 aliphatic carbocycles. The molecule has 7 nitrogen and oxygen atoms in total. The summed E-state index contributed by atoms with van der Waals surface area (Å²) in [5.41, 5.74) is 5.50. The van der Waals surface area contributed by atoms with Crippen LogP contribution in [0.1, 0.15) is 0 Å². The van der Waals surface area contributed by atoms with Gasteiger partial charge < -0.3 is 14.8 Å². The Hall–Kier alpha value is 0.320. The molecule has 0 heterocycles. The van der Waals surface area contributed by atoms with Crippen molar-refractivity contribution in [1.82, 2.24) is 0 Å². The third-order valence-electron chi connectivity index (χ3n) is 2.47. The van der Waals surface area contributed by atoms with Crippen molar-refractivity contribution in [2.75, 3.05) is 5.73 Å². The van der Waals surface area contributed by atoms with Gasteiger partial charge in [-0.25, -0.2) is 16.8 Å². The topological polar surface area (TPSA) is 140 Å². The molecule has 2 aromatic carbocycles. The zero-order chi connectivity index (χ0) is 14.4. The van der Waals surface area contributed by atoms with Crippen LogP contribution in [0.15, 0.2) is 40.1 Å². The van der Waals surface area contributed by atoms with Crippen LogP contribution in [0.25, 0.3) is 10.8 Å². The molecule has 0 bridgehead atoms. The zero-order valence-electron chi connectivity index (χ0n) is 11.2. The van der Waals surface area contributed by atoms with E-state index < -0.39 is 30.0 Å². The number of nitrogen functional groups attached to an aromatic ring is 1. The van der Waals surface area contributed by atoms with Gasteiger partial charge in [0.05, 0.1) is 9.79 Å². The van der Waals surface area contributed by atoms with E-state index in [0.29, 0.717) is 0 Å². The van der Waals surface area contributed by atoms with Gasteiger partial charge in [-0.15, -0.1) is 0 Å². The van der Waals surface area contributed by atoms with Crippen molar-refractivity contribution in [1.29, 1.82) is 0 Å². The minimum Gasteiger partial charge on any atom is -0.744 e. The molecule has 0 atom stereocenters. The normalized spacial score (nSPS) is 11.5. The van der Waals surface area contributed by atoms with E-state index in [2.05, 4.69) is 0 Å². The number of benzene rings is 2. The van der Waals surface area contributed by atoms with E-state index in [4.69, 9.17) is 5.73 Å². The summed E-state index contributed by atoms with van der Waals surface area (Å²) in [4.78, 5) is -1.28. The maximum atomic E-state index is 11.1. The Morgan fingerprint density at radius 1 is 0.857 bits per heavy atom. The number of rotatable bonds is 2. The van der Waals surface area contributed by atoms with Gasteiger partial charge in [0.15, 0.2) is 0 Å². The second kappa shape index (κ2) is 7.26. The number of anilines is 1. The Bertz CT molecular complexity index is 880. The molecule has 0 unspecified atom stereocenters. The summed E-state index contributed by atoms with van der Waals surface area (Å²) in [6.07, 6.45) is 0. The van der Waals surface area contributed by atoms with Gasteiger partial charge in [0.1, 0.15) is 20.2 Å². The average Bonchev–Trinajstić information content (AvgIpc) is 2.24. The fourth-order valence-corrected chi connectivity index (χ4v) is 2.91. The smallest absolute Gasteiger partial charge is 0.744 e. The van der Waals surface area contributed by atoms with E-state index in [1.807, 2.05) is 0 Å². The maximum absolute atomic E-state index is 11.1. The molecular formula is C10H7NNa2O6S2. The summed E-state index contributed by atoms with van der Waals surface area (Å²) in [7, 11) is -9.59. The molecule has 102 valence electrons. The van der Waals surface area contributed by atoms with E-state index in [1.54, 1.807) is 0 Å². The molecule has 0 aliphatic rings. The first-order valence-electron chi connectivity index (χ1n) is 4.84. The van der Waals surface area contributed by atoms with Crippen LogP contribution in [0.5, 0.6) is 0 Å². The van der Waals surface area contributed by atoms with Gasteiger partial charge >= 0.3 is 59.1 Å². The molecule has 0 fully saturated rings. The van der Waals surface area contributed by atoms with Crippen LogP contribution >= 0.6 is 0 Å². The van der Waals surface area contributed by atoms with Crippen LogP contribution < -0.4 is 64.8 Å². The fourth-order valence-electron chi connectivity index (χ4n) is 1.69. The Kier molecular flexibility index (Phi) is 7.37. The Balaban J connectivity index is 0.00000200. The number of hydrogen-bond donors (Lipinski definition) is 1. The third-order valence-corrected chi connectivity index (χ3v) is 4.18. The minimum absolute atomic E-state index is 0. The zero-order valence-corrected chi connectivity index (χ0v) is 16.9. The molecule has 0 saturated heterocycles. The van der Waals surface area contributed by atoms with Crippen LogP contribution in [0.3, 0.4) is 0 Å². The largest absolute Gasteiger partial charge is 1.00 e. The van der Waals surface area contributed by atoms with Crippen molar-refractivity contribution >= 4 is 36.7 Å². The summed E-state index contributed by atoms with van der Waals surface area (Å²) in [5.74, 6) is 0. The SMILES string of the molecule is Nc1cc(S(=O)(=O)[O-])c2cc(S(=O)(=O)[O-])ccc2c1.[Na+].[Na+]. The summed E-state index contributed by atoms with van der Waals surface area (Å²) in [6, 6.07) is 5.37. The van der Waals surface area contributed by atoms with E-state index in [9.17, 15) is 25.9 Å². The van der Waals surface area contributed by atoms with Crippen molar-refractivity contribution in [2.45, 2.75) is 9.79 Å². The standard InChI is InChI=1S/C10H9NO6S2.2Na/c11-7-3-6-1-2-8(18(12,13)14)5-9(6)10(4-7)19(15,16)17;;/h1-5H,11H2,(H,12,13,14)(H,15,16,17);;/q;2*+1/p-2. The van der Waals surface area contributed by atoms with Gasteiger partial charge in [-0.1, -0.05) is 6.07 Å². The second-order valence-corrected chi connectivity index (χ2v) is 6.54. The van der Waals surface area contributed by atoms with E-state index in [0.717, 1.165) is 18.2 Å². The molecule has 0 spiro atoms. The summed E-state index contributed by atoms with van der Waals surface area (Å²) in [6.45, 7) is 0. The average molecular weight is 347 g/mol. The van der Waals surface area contributed by atoms with Crippen molar-refractivity contribution in [3.63, 3.8) is 0 Å². The van der Waals surface area contributed by atoms with Crippen LogP contribution in [0.2, 0.25) is 0 Å². The third kappa shape index (κ3) is 4.90. The summed E-state index contributed by atoms with van der Waals surface area (Å²) < 4.78 is 66.1. The van der Waals surface area contributed by atoms with Gasteiger partial charge in [-0.3, -0.25) is 0 Å². The molecule has 2 aromatic rings. The monoisotopic (exact) mass is 347 g/mol. The second-order valence-electron chi connectivity index (χ2n) is 3.81. The van der Waals surface area contributed by atoms with Gasteiger partial charge in [-0.2, -0.15) is 0 Å². The first-order valence-corrected chi connectivity index (χ1v) is 7.66. The first-order chi connectivity index (χ1) is 8.59. The fraction of sp³-hybridized carbons (Fsp3) is 0. The summed E-state index contributed by atoms with van der Waals surface area (Å²) in [5, 5.41) is 0.1000. The van der Waals surface area contributed by atoms with Crippen molar-refractivity contribution in [3.05, 3.63) is 30.3 Å². The van der Waals surface area contributed by atoms with Gasteiger partial charge in [0.25, 0.3) is 0 Å². The van der Waals surface area contributed by atoms with Crippen molar-refractivity contribution in [2.24, 2.45) is 0 Å². The molecule has 0 radical (unpaired) electrons. The Labute approximate surface area is 166 Å². The maximum Gasteiger partial charge on any atom is 1.00 e. The molecule has 2 rings (SSSR count). The number of hydrogen-bond acceptors (Lipinski definition) is 7. The van der Waals surface area contributed by atoms with Crippen LogP contribution in [0.4, 0.5) is 5.69 Å².